The first-order valence-electron chi connectivity index (χ1n) is 5.23. The van der Waals surface area contributed by atoms with E-state index in [1.54, 1.807) is 4.90 Å². The van der Waals surface area contributed by atoms with Gasteiger partial charge in [-0.3, -0.25) is 9.69 Å². The number of carboxylic acid groups (broad SMARTS) is 1. The Hall–Kier alpha value is -0.660. The number of hydrogen-bond acceptors (Lipinski definition) is 5. The van der Waals surface area contributed by atoms with Gasteiger partial charge in [0.25, 0.3) is 0 Å². The quantitative estimate of drug-likeness (QED) is 0.673. The molecule has 16 heavy (non-hydrogen) atoms. The average Bonchev–Trinajstić information content (AvgIpc) is 2.57. The molecule has 0 radical (unpaired) electrons. The van der Waals surface area contributed by atoms with Gasteiger partial charge < -0.3 is 9.84 Å². The fourth-order valence-corrected chi connectivity index (χ4v) is 4.35. The summed E-state index contributed by atoms with van der Waals surface area (Å²) < 4.78 is 28.1. The van der Waals surface area contributed by atoms with Gasteiger partial charge in [0.2, 0.25) is 0 Å². The maximum absolute atomic E-state index is 11.5. The zero-order valence-corrected chi connectivity index (χ0v) is 9.70. The maximum atomic E-state index is 11.5. The van der Waals surface area contributed by atoms with Crippen molar-refractivity contribution in [2.75, 3.05) is 37.8 Å². The molecule has 1 atom stereocenters. The second kappa shape index (κ2) is 3.97. The van der Waals surface area contributed by atoms with E-state index in [9.17, 15) is 18.3 Å². The lowest BCUT2D eigenvalue weighted by atomic mass is 9.96. The summed E-state index contributed by atoms with van der Waals surface area (Å²) >= 11 is 0. The van der Waals surface area contributed by atoms with Gasteiger partial charge in [-0.2, -0.15) is 0 Å². The van der Waals surface area contributed by atoms with E-state index in [0.29, 0.717) is 26.3 Å². The lowest BCUT2D eigenvalue weighted by molar-refractivity contribution is -0.152. The number of morpholine rings is 1. The molecule has 2 aliphatic heterocycles. The summed E-state index contributed by atoms with van der Waals surface area (Å²) in [5, 5.41) is 9.30. The second-order valence-corrected chi connectivity index (χ2v) is 6.46. The van der Waals surface area contributed by atoms with Crippen LogP contribution in [0.4, 0.5) is 0 Å². The van der Waals surface area contributed by atoms with E-state index in [0.717, 1.165) is 0 Å². The van der Waals surface area contributed by atoms with E-state index in [1.807, 2.05) is 0 Å². The van der Waals surface area contributed by atoms with E-state index in [-0.39, 0.29) is 17.9 Å². The number of hydrogen-bond donors (Lipinski definition) is 1. The van der Waals surface area contributed by atoms with Crippen LogP contribution in [0.5, 0.6) is 0 Å². The largest absolute Gasteiger partial charge is 0.480 e. The molecule has 0 aromatic rings. The normalized spacial score (nSPS) is 35.0. The first kappa shape index (κ1) is 11.8. The van der Waals surface area contributed by atoms with Crippen molar-refractivity contribution >= 4 is 15.8 Å². The van der Waals surface area contributed by atoms with Gasteiger partial charge in [0.05, 0.1) is 24.7 Å². The zero-order valence-electron chi connectivity index (χ0n) is 8.89. The zero-order chi connectivity index (χ0) is 11.8. The van der Waals surface area contributed by atoms with Crippen molar-refractivity contribution in [1.29, 1.82) is 0 Å². The summed E-state index contributed by atoms with van der Waals surface area (Å²) in [4.78, 5) is 13.1. The topological polar surface area (TPSA) is 83.9 Å². The number of sulfone groups is 1. The first-order chi connectivity index (χ1) is 7.46. The van der Waals surface area contributed by atoms with Crippen LogP contribution in [0.1, 0.15) is 6.42 Å². The Labute approximate surface area is 94.1 Å². The molecule has 1 N–H and O–H groups in total. The van der Waals surface area contributed by atoms with Crippen LogP contribution in [-0.2, 0) is 19.4 Å². The summed E-state index contributed by atoms with van der Waals surface area (Å²) in [6.45, 7) is 1.91. The van der Waals surface area contributed by atoms with E-state index >= 15 is 0 Å². The van der Waals surface area contributed by atoms with Crippen LogP contribution in [0.2, 0.25) is 0 Å². The van der Waals surface area contributed by atoms with E-state index in [4.69, 9.17) is 4.74 Å². The molecule has 2 fully saturated rings. The maximum Gasteiger partial charge on any atom is 0.325 e. The first-order valence-corrected chi connectivity index (χ1v) is 7.05. The lowest BCUT2D eigenvalue weighted by Crippen LogP contribution is -2.59. The molecule has 2 rings (SSSR count). The highest BCUT2D eigenvalue weighted by molar-refractivity contribution is 7.91. The minimum atomic E-state index is -3.21. The van der Waals surface area contributed by atoms with E-state index in [2.05, 4.69) is 0 Å². The molecule has 2 saturated heterocycles. The summed E-state index contributed by atoms with van der Waals surface area (Å²) in [7, 11) is -3.21. The molecule has 0 aromatic carbocycles. The van der Waals surface area contributed by atoms with Gasteiger partial charge in [-0.05, 0) is 6.42 Å². The Balaban J connectivity index is 2.26. The van der Waals surface area contributed by atoms with Crippen LogP contribution >= 0.6 is 0 Å². The van der Waals surface area contributed by atoms with E-state index in [1.165, 1.54) is 0 Å². The highest BCUT2D eigenvalue weighted by atomic mass is 32.2. The number of carbonyl (C=O) groups is 1. The molecule has 92 valence electrons. The predicted molar refractivity (Wildman–Crippen MR) is 56.0 cm³/mol. The van der Waals surface area contributed by atoms with Crippen LogP contribution in [0, 0.1) is 0 Å². The number of ether oxygens (including phenoxy) is 1. The van der Waals surface area contributed by atoms with Crippen LogP contribution in [0.25, 0.3) is 0 Å². The van der Waals surface area contributed by atoms with Crippen molar-refractivity contribution in [3.8, 4) is 0 Å². The van der Waals surface area contributed by atoms with Crippen LogP contribution in [0.15, 0.2) is 0 Å². The van der Waals surface area contributed by atoms with Gasteiger partial charge in [0, 0.05) is 13.1 Å². The van der Waals surface area contributed by atoms with E-state index < -0.39 is 21.3 Å². The Morgan fingerprint density at radius 2 is 1.94 bits per heavy atom. The summed E-state index contributed by atoms with van der Waals surface area (Å²) in [5.41, 5.74) is -1.22. The summed E-state index contributed by atoms with van der Waals surface area (Å²) in [6.07, 6.45) is 0.185. The molecule has 2 heterocycles. The fraction of sp³-hybridized carbons (Fsp3) is 0.889. The summed E-state index contributed by atoms with van der Waals surface area (Å²) in [6, 6.07) is 0. The molecule has 0 aliphatic carbocycles. The Morgan fingerprint density at radius 1 is 1.31 bits per heavy atom. The second-order valence-electron chi connectivity index (χ2n) is 4.28. The molecule has 0 aromatic heterocycles. The molecule has 0 spiro atoms. The van der Waals surface area contributed by atoms with Gasteiger partial charge in [0.1, 0.15) is 5.54 Å². The minimum absolute atomic E-state index is 0.0311. The average molecular weight is 249 g/mol. The third-order valence-electron chi connectivity index (χ3n) is 3.30. The predicted octanol–water partition coefficient (Wildman–Crippen LogP) is -1.04. The third-order valence-corrected chi connectivity index (χ3v) is 5.04. The monoisotopic (exact) mass is 249 g/mol. The van der Waals surface area contributed by atoms with Crippen LogP contribution in [-0.4, -0.2) is 67.7 Å². The lowest BCUT2D eigenvalue weighted by Gasteiger charge is -2.39. The molecule has 0 amide bonds. The molecule has 0 bridgehead atoms. The van der Waals surface area contributed by atoms with Crippen molar-refractivity contribution in [2.24, 2.45) is 0 Å². The fourth-order valence-electron chi connectivity index (χ4n) is 2.38. The Kier molecular flexibility index (Phi) is 2.93. The van der Waals surface area contributed by atoms with Crippen molar-refractivity contribution in [3.63, 3.8) is 0 Å². The Morgan fingerprint density at radius 3 is 2.38 bits per heavy atom. The van der Waals surface area contributed by atoms with Gasteiger partial charge in [-0.1, -0.05) is 0 Å². The van der Waals surface area contributed by atoms with Gasteiger partial charge in [-0.25, -0.2) is 8.42 Å². The smallest absolute Gasteiger partial charge is 0.325 e. The highest BCUT2D eigenvalue weighted by Gasteiger charge is 2.52. The molecule has 2 aliphatic rings. The van der Waals surface area contributed by atoms with Crippen LogP contribution in [0.3, 0.4) is 0 Å². The van der Waals surface area contributed by atoms with Gasteiger partial charge in [0.15, 0.2) is 9.84 Å². The highest BCUT2D eigenvalue weighted by Crippen LogP contribution is 2.30. The van der Waals surface area contributed by atoms with Gasteiger partial charge >= 0.3 is 5.97 Å². The number of carboxylic acids is 1. The molecular weight excluding hydrogens is 234 g/mol. The van der Waals surface area contributed by atoms with Crippen molar-refractivity contribution in [2.45, 2.75) is 12.0 Å². The molecule has 0 saturated carbocycles. The number of nitrogens with zero attached hydrogens (tertiary/aromatic N) is 1. The van der Waals surface area contributed by atoms with Crippen molar-refractivity contribution < 1.29 is 23.1 Å². The SMILES string of the molecule is O=C(O)C1(N2CCOCC2)CCS(=O)(=O)C1. The van der Waals surface area contributed by atoms with Gasteiger partial charge in [-0.15, -0.1) is 0 Å². The molecule has 6 nitrogen and oxygen atoms in total. The standard InChI is InChI=1S/C9H15NO5S/c11-8(12)9(1-6-16(13,14)7-9)10-2-4-15-5-3-10/h1-7H2,(H,11,12). The minimum Gasteiger partial charge on any atom is -0.480 e. The van der Waals surface area contributed by atoms with Crippen LogP contribution < -0.4 is 0 Å². The number of rotatable bonds is 2. The molecular formula is C9H15NO5S. The van der Waals surface area contributed by atoms with Crippen molar-refractivity contribution in [3.05, 3.63) is 0 Å². The molecule has 1 unspecified atom stereocenters. The molecule has 7 heteroatoms. The Bertz CT molecular complexity index is 387. The number of aliphatic carboxylic acids is 1. The van der Waals surface area contributed by atoms with Crippen molar-refractivity contribution in [1.82, 2.24) is 4.90 Å². The summed E-state index contributed by atoms with van der Waals surface area (Å²) in [5.74, 6) is -1.33. The third kappa shape index (κ3) is 1.94.